The minimum atomic E-state index is -4.23. The van der Waals surface area contributed by atoms with Gasteiger partial charge >= 0.3 is 23.9 Å². The topological polar surface area (TPSA) is 163 Å². The molecule has 0 unspecified atom stereocenters. The van der Waals surface area contributed by atoms with Gasteiger partial charge in [-0.3, -0.25) is 19.2 Å². The van der Waals surface area contributed by atoms with E-state index in [1.807, 2.05) is 0 Å². The van der Waals surface area contributed by atoms with Crippen LogP contribution in [0, 0.1) is 0 Å². The molecule has 1 aliphatic rings. The molecule has 0 spiro atoms. The van der Waals surface area contributed by atoms with Crippen LogP contribution in [0.15, 0.2) is 65.7 Å². The number of para-hydroxylation sites is 1. The van der Waals surface area contributed by atoms with E-state index in [9.17, 15) is 27.6 Å². The first-order valence-electron chi connectivity index (χ1n) is 13.7. The van der Waals surface area contributed by atoms with E-state index < -0.39 is 70.7 Å². The second-order valence-electron chi connectivity index (χ2n) is 9.93. The summed E-state index contributed by atoms with van der Waals surface area (Å²) < 4.78 is 63.5. The summed E-state index contributed by atoms with van der Waals surface area (Å²) in [6.45, 7) is 5.63. The number of aromatic nitrogens is 1. The summed E-state index contributed by atoms with van der Waals surface area (Å²) in [5, 5.41) is 0.277. The first kappa shape index (κ1) is 32.6. The van der Waals surface area contributed by atoms with Gasteiger partial charge in [0.15, 0.2) is 12.2 Å². The molecule has 236 valence electrons. The van der Waals surface area contributed by atoms with Gasteiger partial charge < -0.3 is 28.4 Å². The molecule has 2 heterocycles. The summed E-state index contributed by atoms with van der Waals surface area (Å²) >= 11 is 0. The molecule has 0 amide bonds. The van der Waals surface area contributed by atoms with Crippen molar-refractivity contribution in [3.8, 4) is 0 Å². The van der Waals surface area contributed by atoms with Crippen LogP contribution >= 0.6 is 0 Å². The maximum absolute atomic E-state index is 13.9. The van der Waals surface area contributed by atoms with Crippen molar-refractivity contribution in [3.63, 3.8) is 0 Å². The number of esters is 4. The number of carbonyl (C=O) groups excluding carboxylic acids is 4. The third-order valence-corrected chi connectivity index (χ3v) is 8.50. The number of rotatable bonds is 10. The lowest BCUT2D eigenvalue weighted by Crippen LogP contribution is -2.68. The van der Waals surface area contributed by atoms with Gasteiger partial charge in [0.25, 0.3) is 10.0 Å². The van der Waals surface area contributed by atoms with Crippen LogP contribution in [-0.4, -0.2) is 74.1 Å². The molecular formula is C30H33NO12S. The number of benzene rings is 2. The Morgan fingerprint density at radius 3 is 2.09 bits per heavy atom. The van der Waals surface area contributed by atoms with Gasteiger partial charge in [-0.15, -0.1) is 0 Å². The van der Waals surface area contributed by atoms with Gasteiger partial charge in [-0.2, -0.15) is 0 Å². The molecule has 0 radical (unpaired) electrons. The molecule has 0 N–H and O–H groups in total. The normalized spacial score (nSPS) is 23.5. The van der Waals surface area contributed by atoms with Crippen LogP contribution in [0.5, 0.6) is 0 Å². The molecule has 1 aliphatic heterocycles. The van der Waals surface area contributed by atoms with Gasteiger partial charge in [-0.1, -0.05) is 36.4 Å². The van der Waals surface area contributed by atoms with E-state index in [0.29, 0.717) is 0 Å². The Hall–Kier alpha value is -4.27. The summed E-state index contributed by atoms with van der Waals surface area (Å²) in [6.07, 6.45) is -4.78. The first-order chi connectivity index (χ1) is 20.8. The second kappa shape index (κ2) is 13.2. The van der Waals surface area contributed by atoms with E-state index in [4.69, 9.17) is 28.4 Å². The molecule has 2 aromatic carbocycles. The number of hydrogen-bond donors (Lipinski definition) is 0. The Balaban J connectivity index is 2.09. The number of fused-ring (bicyclic) bond motifs is 1. The lowest BCUT2D eigenvalue weighted by molar-refractivity contribution is -0.349. The highest BCUT2D eigenvalue weighted by atomic mass is 32.2. The molecule has 0 bridgehead atoms. The Labute approximate surface area is 254 Å². The fourth-order valence-electron chi connectivity index (χ4n) is 5.27. The van der Waals surface area contributed by atoms with Crippen molar-refractivity contribution in [2.75, 3.05) is 13.2 Å². The van der Waals surface area contributed by atoms with Crippen LogP contribution in [0.25, 0.3) is 10.9 Å². The Kier molecular flexibility index (Phi) is 9.76. The van der Waals surface area contributed by atoms with Crippen LogP contribution in [0.4, 0.5) is 0 Å². The minimum absolute atomic E-state index is 0.0139. The summed E-state index contributed by atoms with van der Waals surface area (Å²) in [5.74, 6) is -3.21. The van der Waals surface area contributed by atoms with Crippen molar-refractivity contribution < 1.29 is 56.0 Å². The Morgan fingerprint density at radius 2 is 1.50 bits per heavy atom. The fraction of sp³-hybridized carbons (Fsp3) is 0.400. The van der Waals surface area contributed by atoms with E-state index in [1.54, 1.807) is 49.4 Å². The van der Waals surface area contributed by atoms with Crippen LogP contribution < -0.4 is 0 Å². The lowest BCUT2D eigenvalue weighted by Gasteiger charge is -2.51. The van der Waals surface area contributed by atoms with Crippen LogP contribution in [0.1, 0.15) is 40.2 Å². The molecule has 14 heteroatoms. The number of carbonyl (C=O) groups is 4. The van der Waals surface area contributed by atoms with E-state index >= 15 is 0 Å². The smallest absolute Gasteiger partial charge is 0.303 e. The van der Waals surface area contributed by atoms with Crippen molar-refractivity contribution in [3.05, 3.63) is 66.4 Å². The third kappa shape index (κ3) is 6.32. The van der Waals surface area contributed by atoms with Crippen LogP contribution in [0.2, 0.25) is 0 Å². The molecular weight excluding hydrogens is 598 g/mol. The molecule has 1 fully saturated rings. The highest BCUT2D eigenvalue weighted by molar-refractivity contribution is 7.90. The molecule has 0 aliphatic carbocycles. The zero-order valence-corrected chi connectivity index (χ0v) is 25.6. The number of nitrogens with zero attached hydrogens (tertiary/aromatic N) is 1. The zero-order valence-electron chi connectivity index (χ0n) is 24.8. The Morgan fingerprint density at radius 1 is 0.864 bits per heavy atom. The van der Waals surface area contributed by atoms with Crippen molar-refractivity contribution in [1.82, 2.24) is 3.97 Å². The predicted octanol–water partition coefficient (Wildman–Crippen LogP) is 2.82. The van der Waals surface area contributed by atoms with Crippen molar-refractivity contribution in [1.29, 1.82) is 0 Å². The van der Waals surface area contributed by atoms with E-state index in [0.717, 1.165) is 24.7 Å². The molecule has 4 rings (SSSR count). The third-order valence-electron chi connectivity index (χ3n) is 6.81. The summed E-state index contributed by atoms with van der Waals surface area (Å²) in [5.41, 5.74) is -2.02. The quantitative estimate of drug-likeness (QED) is 0.238. The molecule has 3 aromatic rings. The standard InChI is InChI=1S/C30H33NO12S/c1-6-38-29-30(43-21(5)35,28(41-20(4)34)27(40-19(3)33)26(42-29)17-39-18(2)32)24-16-31(25-15-11-10-14-23(24)25)44(36,37)22-12-8-7-9-13-22/h7-16,26-29H,6,17H2,1-5H3/t26-,27-,28+,29-,30-/m1/s1. The van der Waals surface area contributed by atoms with Crippen molar-refractivity contribution in [2.45, 2.75) is 69.7 Å². The maximum atomic E-state index is 13.9. The average molecular weight is 632 g/mol. The van der Waals surface area contributed by atoms with E-state index in [-0.39, 0.29) is 28.0 Å². The highest BCUT2D eigenvalue weighted by Crippen LogP contribution is 2.48. The van der Waals surface area contributed by atoms with Gasteiger partial charge in [0.1, 0.15) is 12.7 Å². The lowest BCUT2D eigenvalue weighted by atomic mass is 9.79. The molecule has 1 saturated heterocycles. The van der Waals surface area contributed by atoms with Gasteiger partial charge in [0, 0.05) is 51.4 Å². The molecule has 13 nitrogen and oxygen atoms in total. The van der Waals surface area contributed by atoms with Crippen LogP contribution in [0.3, 0.4) is 0 Å². The summed E-state index contributed by atoms with van der Waals surface area (Å²) in [6, 6.07) is 14.1. The molecule has 5 atom stereocenters. The summed E-state index contributed by atoms with van der Waals surface area (Å²) in [7, 11) is -4.23. The van der Waals surface area contributed by atoms with Crippen molar-refractivity contribution >= 4 is 44.8 Å². The predicted molar refractivity (Wildman–Crippen MR) is 152 cm³/mol. The Bertz CT molecular complexity index is 1650. The van der Waals surface area contributed by atoms with Crippen LogP contribution in [-0.2, 0) is 63.2 Å². The zero-order chi connectivity index (χ0) is 32.2. The highest BCUT2D eigenvalue weighted by Gasteiger charge is 2.65. The largest absolute Gasteiger partial charge is 0.463 e. The SMILES string of the molecule is CCO[C@@H]1O[C@H](COC(C)=O)[C@@H](OC(C)=O)[C@H](OC(C)=O)[C@]1(OC(C)=O)c1cn(S(=O)(=O)c2ccccc2)c2ccccc12. The maximum Gasteiger partial charge on any atom is 0.303 e. The summed E-state index contributed by atoms with van der Waals surface area (Å²) in [4.78, 5) is 49.6. The van der Waals surface area contributed by atoms with Gasteiger partial charge in [-0.25, -0.2) is 12.4 Å². The molecule has 0 saturated carbocycles. The van der Waals surface area contributed by atoms with Gasteiger partial charge in [-0.05, 0) is 25.1 Å². The second-order valence-corrected chi connectivity index (χ2v) is 11.7. The molecule has 1 aromatic heterocycles. The average Bonchev–Trinajstić information content (AvgIpc) is 3.36. The van der Waals surface area contributed by atoms with E-state index in [2.05, 4.69) is 0 Å². The minimum Gasteiger partial charge on any atom is -0.463 e. The van der Waals surface area contributed by atoms with Gasteiger partial charge in [0.2, 0.25) is 11.9 Å². The monoisotopic (exact) mass is 631 g/mol. The number of hydrogen-bond acceptors (Lipinski definition) is 12. The number of ether oxygens (including phenoxy) is 6. The van der Waals surface area contributed by atoms with Crippen molar-refractivity contribution in [2.24, 2.45) is 0 Å². The van der Waals surface area contributed by atoms with Gasteiger partial charge in [0.05, 0.1) is 10.4 Å². The fourth-order valence-corrected chi connectivity index (χ4v) is 6.66. The van der Waals surface area contributed by atoms with E-state index in [1.165, 1.54) is 25.3 Å². The molecule has 44 heavy (non-hydrogen) atoms. The first-order valence-corrected chi connectivity index (χ1v) is 15.1.